The largest absolute Gasteiger partial charge is 0.329 e. The molecule has 0 aromatic carbocycles. The topological polar surface area (TPSA) is 32.5 Å². The molecule has 0 aromatic heterocycles. The third-order valence-electron chi connectivity index (χ3n) is 4.87. The molecule has 1 aliphatic carbocycles. The van der Waals surface area contributed by atoms with Gasteiger partial charge >= 0.3 is 0 Å². The maximum absolute atomic E-state index is 5.95. The van der Waals surface area contributed by atoms with Crippen LogP contribution >= 0.6 is 0 Å². The summed E-state index contributed by atoms with van der Waals surface area (Å²) in [7, 11) is 0. The van der Waals surface area contributed by atoms with Gasteiger partial charge in [-0.05, 0) is 19.3 Å². The first-order valence-corrected chi connectivity index (χ1v) is 8.03. The Morgan fingerprint density at radius 3 is 2.33 bits per heavy atom. The minimum Gasteiger partial charge on any atom is -0.329 e. The van der Waals surface area contributed by atoms with Crippen LogP contribution < -0.4 is 5.73 Å². The van der Waals surface area contributed by atoms with Crippen molar-refractivity contribution in [2.24, 2.45) is 5.73 Å². The first kappa shape index (κ1) is 14.3. The Bertz CT molecular complexity index is 218. The monoisotopic (exact) mass is 253 g/mol. The molecule has 1 saturated carbocycles. The quantitative estimate of drug-likeness (QED) is 0.786. The summed E-state index contributed by atoms with van der Waals surface area (Å²) in [5.74, 6) is 0. The molecule has 2 rings (SSSR count). The Kier molecular flexibility index (Phi) is 5.93. The molecule has 2 N–H and O–H groups in total. The van der Waals surface area contributed by atoms with Crippen molar-refractivity contribution in [2.75, 3.05) is 32.7 Å². The highest BCUT2D eigenvalue weighted by atomic mass is 15.3. The summed E-state index contributed by atoms with van der Waals surface area (Å²) < 4.78 is 0. The number of rotatable bonds is 6. The highest BCUT2D eigenvalue weighted by molar-refractivity contribution is 4.84. The molecule has 1 unspecified atom stereocenters. The van der Waals surface area contributed by atoms with Crippen LogP contribution in [0.4, 0.5) is 0 Å². The lowest BCUT2D eigenvalue weighted by Gasteiger charge is -2.41. The highest BCUT2D eigenvalue weighted by Crippen LogP contribution is 2.24. The molecule has 3 nitrogen and oxygen atoms in total. The molecule has 1 aliphatic heterocycles. The second kappa shape index (κ2) is 7.46. The maximum Gasteiger partial charge on any atom is 0.0219 e. The molecule has 0 bridgehead atoms. The van der Waals surface area contributed by atoms with Gasteiger partial charge in [0.05, 0.1) is 0 Å². The summed E-state index contributed by atoms with van der Waals surface area (Å²) in [5, 5.41) is 0. The van der Waals surface area contributed by atoms with Crippen molar-refractivity contribution in [3.05, 3.63) is 0 Å². The van der Waals surface area contributed by atoms with E-state index in [9.17, 15) is 0 Å². The van der Waals surface area contributed by atoms with Gasteiger partial charge in [-0.25, -0.2) is 0 Å². The van der Waals surface area contributed by atoms with Crippen LogP contribution in [0.5, 0.6) is 0 Å². The third-order valence-corrected chi connectivity index (χ3v) is 4.87. The van der Waals surface area contributed by atoms with Crippen LogP contribution in [0.1, 0.15) is 51.9 Å². The Morgan fingerprint density at radius 2 is 1.78 bits per heavy atom. The number of piperazine rings is 1. The average Bonchev–Trinajstić information content (AvgIpc) is 2.94. The fraction of sp³-hybridized carbons (Fsp3) is 1.00. The summed E-state index contributed by atoms with van der Waals surface area (Å²) in [6.07, 6.45) is 9.69. The van der Waals surface area contributed by atoms with E-state index in [1.807, 2.05) is 0 Å². The fourth-order valence-electron chi connectivity index (χ4n) is 3.63. The van der Waals surface area contributed by atoms with Crippen molar-refractivity contribution in [3.63, 3.8) is 0 Å². The molecule has 0 spiro atoms. The predicted octanol–water partition coefficient (Wildman–Crippen LogP) is 2.06. The van der Waals surface area contributed by atoms with Gasteiger partial charge in [0.1, 0.15) is 0 Å². The smallest absolute Gasteiger partial charge is 0.0219 e. The zero-order chi connectivity index (χ0) is 12.8. The summed E-state index contributed by atoms with van der Waals surface area (Å²) in [5.41, 5.74) is 5.95. The van der Waals surface area contributed by atoms with Crippen LogP contribution in [0.3, 0.4) is 0 Å². The molecule has 106 valence electrons. The van der Waals surface area contributed by atoms with Crippen LogP contribution in [-0.2, 0) is 0 Å². The molecular weight excluding hydrogens is 222 g/mol. The number of nitrogens with zero attached hydrogens (tertiary/aromatic N) is 2. The van der Waals surface area contributed by atoms with E-state index in [4.69, 9.17) is 5.73 Å². The van der Waals surface area contributed by atoms with Crippen molar-refractivity contribution in [1.29, 1.82) is 0 Å². The second-order valence-corrected chi connectivity index (χ2v) is 6.04. The molecule has 2 aliphatic rings. The molecule has 0 amide bonds. The summed E-state index contributed by atoms with van der Waals surface area (Å²) in [6.45, 7) is 8.12. The molecule has 1 heterocycles. The van der Waals surface area contributed by atoms with E-state index < -0.39 is 0 Å². The van der Waals surface area contributed by atoms with Crippen molar-refractivity contribution < 1.29 is 0 Å². The van der Waals surface area contributed by atoms with Gasteiger partial charge in [-0.2, -0.15) is 0 Å². The minimum absolute atomic E-state index is 0.635. The summed E-state index contributed by atoms with van der Waals surface area (Å²) in [4.78, 5) is 5.37. The Balaban J connectivity index is 1.74. The lowest BCUT2D eigenvalue weighted by molar-refractivity contribution is 0.0691. The van der Waals surface area contributed by atoms with E-state index >= 15 is 0 Å². The van der Waals surface area contributed by atoms with Gasteiger partial charge < -0.3 is 5.73 Å². The predicted molar refractivity (Wildman–Crippen MR) is 77.8 cm³/mol. The fourth-order valence-corrected chi connectivity index (χ4v) is 3.63. The normalized spacial score (nSPS) is 25.7. The van der Waals surface area contributed by atoms with Crippen molar-refractivity contribution in [3.8, 4) is 0 Å². The van der Waals surface area contributed by atoms with Gasteiger partial charge in [0.15, 0.2) is 0 Å². The molecule has 1 atom stereocenters. The summed E-state index contributed by atoms with van der Waals surface area (Å²) in [6, 6.07) is 1.54. The lowest BCUT2D eigenvalue weighted by Crippen LogP contribution is -2.54. The van der Waals surface area contributed by atoms with Crippen molar-refractivity contribution in [1.82, 2.24) is 9.80 Å². The Morgan fingerprint density at radius 1 is 1.11 bits per heavy atom. The van der Waals surface area contributed by atoms with Crippen LogP contribution in [0.15, 0.2) is 0 Å². The minimum atomic E-state index is 0.635. The maximum atomic E-state index is 5.95. The van der Waals surface area contributed by atoms with Gasteiger partial charge in [-0.1, -0.05) is 32.6 Å². The molecular formula is C15H31N3. The van der Waals surface area contributed by atoms with Gasteiger partial charge in [-0.15, -0.1) is 0 Å². The standard InChI is InChI=1S/C15H31N3/c1-2-3-6-15(13-16)18-11-9-17(10-12-18)14-7-4-5-8-14/h14-15H,2-13,16H2,1H3. The zero-order valence-corrected chi connectivity index (χ0v) is 12.1. The number of hydrogen-bond donors (Lipinski definition) is 1. The first-order chi connectivity index (χ1) is 8.85. The number of unbranched alkanes of at least 4 members (excludes halogenated alkanes) is 1. The summed E-state index contributed by atoms with van der Waals surface area (Å²) >= 11 is 0. The van der Waals surface area contributed by atoms with Crippen molar-refractivity contribution >= 4 is 0 Å². The SMILES string of the molecule is CCCCC(CN)N1CCN(C2CCCC2)CC1. The van der Waals surface area contributed by atoms with E-state index in [1.165, 1.54) is 71.1 Å². The molecule has 1 saturated heterocycles. The van der Waals surface area contributed by atoms with Gasteiger partial charge in [0.25, 0.3) is 0 Å². The van der Waals surface area contributed by atoms with Crippen LogP contribution in [0.2, 0.25) is 0 Å². The van der Waals surface area contributed by atoms with Crippen LogP contribution in [0.25, 0.3) is 0 Å². The van der Waals surface area contributed by atoms with Gasteiger partial charge in [0.2, 0.25) is 0 Å². The number of nitrogens with two attached hydrogens (primary N) is 1. The van der Waals surface area contributed by atoms with Crippen LogP contribution in [-0.4, -0.2) is 54.6 Å². The second-order valence-electron chi connectivity index (χ2n) is 6.04. The van der Waals surface area contributed by atoms with Gasteiger partial charge in [-0.3, -0.25) is 9.80 Å². The Hall–Kier alpha value is -0.120. The average molecular weight is 253 g/mol. The van der Waals surface area contributed by atoms with Gasteiger partial charge in [0, 0.05) is 44.8 Å². The lowest BCUT2D eigenvalue weighted by atomic mass is 10.1. The zero-order valence-electron chi connectivity index (χ0n) is 12.1. The molecule has 3 heteroatoms. The Labute approximate surface area is 113 Å². The molecule has 0 radical (unpaired) electrons. The molecule has 18 heavy (non-hydrogen) atoms. The van der Waals surface area contributed by atoms with E-state index in [0.29, 0.717) is 6.04 Å². The third kappa shape index (κ3) is 3.69. The van der Waals surface area contributed by atoms with E-state index in [-0.39, 0.29) is 0 Å². The number of hydrogen-bond acceptors (Lipinski definition) is 3. The van der Waals surface area contributed by atoms with E-state index in [2.05, 4.69) is 16.7 Å². The highest BCUT2D eigenvalue weighted by Gasteiger charge is 2.28. The van der Waals surface area contributed by atoms with Crippen molar-refractivity contribution in [2.45, 2.75) is 64.0 Å². The van der Waals surface area contributed by atoms with E-state index in [0.717, 1.165) is 12.6 Å². The molecule has 2 fully saturated rings. The van der Waals surface area contributed by atoms with E-state index in [1.54, 1.807) is 0 Å². The molecule has 0 aromatic rings. The van der Waals surface area contributed by atoms with Crippen LogP contribution in [0, 0.1) is 0 Å². The first-order valence-electron chi connectivity index (χ1n) is 8.03.